The van der Waals surface area contributed by atoms with Gasteiger partial charge >= 0.3 is 5.97 Å². The summed E-state index contributed by atoms with van der Waals surface area (Å²) in [6.07, 6.45) is 2.35. The second-order valence-corrected chi connectivity index (χ2v) is 7.84. The minimum absolute atomic E-state index is 0.174. The molecular weight excluding hydrogens is 336 g/mol. The van der Waals surface area contributed by atoms with Crippen molar-refractivity contribution in [2.75, 3.05) is 0 Å². The van der Waals surface area contributed by atoms with E-state index in [4.69, 9.17) is 9.47 Å². The van der Waals surface area contributed by atoms with Crippen LogP contribution in [-0.2, 0) is 24.4 Å². The average molecular weight is 364 g/mol. The highest BCUT2D eigenvalue weighted by molar-refractivity contribution is 5.90. The molecule has 0 aromatic heterocycles. The molecule has 0 spiro atoms. The molecule has 0 fully saturated rings. The van der Waals surface area contributed by atoms with Crippen LogP contribution in [0, 0.1) is 0 Å². The van der Waals surface area contributed by atoms with Crippen LogP contribution in [0.3, 0.4) is 0 Å². The number of carbonyl (C=O) groups is 1. The van der Waals surface area contributed by atoms with Crippen LogP contribution in [0.5, 0.6) is 0 Å². The number of hydrogen-bond acceptors (Lipinski definition) is 5. The lowest BCUT2D eigenvalue weighted by molar-refractivity contribution is -0.369. The molecule has 6 heteroatoms. The molecule has 2 unspecified atom stereocenters. The van der Waals surface area contributed by atoms with E-state index in [1.807, 2.05) is 27.7 Å². The summed E-state index contributed by atoms with van der Waals surface area (Å²) in [4.78, 5) is 27.0. The van der Waals surface area contributed by atoms with Crippen LogP contribution in [0.25, 0.3) is 0 Å². The number of ether oxygens (including phenoxy) is 2. The maximum absolute atomic E-state index is 12.3. The van der Waals surface area contributed by atoms with Crippen LogP contribution >= 0.6 is 0 Å². The molecule has 0 amide bonds. The third-order valence-corrected chi connectivity index (χ3v) is 3.86. The molecule has 1 aromatic rings. The fraction of sp³-hybridized carbons (Fsp3) is 0.600. The van der Waals surface area contributed by atoms with Crippen molar-refractivity contribution in [2.24, 2.45) is 0 Å². The van der Waals surface area contributed by atoms with E-state index in [2.05, 4.69) is 4.89 Å². The monoisotopic (exact) mass is 364 g/mol. The summed E-state index contributed by atoms with van der Waals surface area (Å²) in [6.45, 7) is 10.8. The lowest BCUT2D eigenvalue weighted by Crippen LogP contribution is -2.35. The molecule has 0 aliphatic carbocycles. The predicted octanol–water partition coefficient (Wildman–Crippen LogP) is 3.79. The Hall–Kier alpha value is -1.76. The van der Waals surface area contributed by atoms with Gasteiger partial charge < -0.3 is 9.47 Å². The Morgan fingerprint density at radius 1 is 1.00 bits per heavy atom. The van der Waals surface area contributed by atoms with E-state index < -0.39 is 17.2 Å². The second kappa shape index (κ2) is 9.26. The summed E-state index contributed by atoms with van der Waals surface area (Å²) in [7, 11) is 0. The maximum atomic E-state index is 12.3. The molecule has 0 aliphatic rings. The summed E-state index contributed by atoms with van der Waals surface area (Å²) in [6, 6.07) is 6.10. The van der Waals surface area contributed by atoms with Gasteiger partial charge in [-0.3, -0.25) is 4.79 Å². The van der Waals surface area contributed by atoms with Crippen LogP contribution < -0.4 is 0 Å². The first kappa shape index (κ1) is 22.3. The molecule has 1 aromatic carbocycles. The summed E-state index contributed by atoms with van der Waals surface area (Å²) in [5, 5.41) is 10.7. The van der Waals surface area contributed by atoms with E-state index in [9.17, 15) is 14.8 Å². The average Bonchev–Trinajstić information content (AvgIpc) is 2.53. The minimum atomic E-state index is -0.799. The number of hydrogen-bond donors (Lipinski definition) is 0. The zero-order valence-electron chi connectivity index (χ0n) is 16.3. The number of rotatable bonds is 10. The SMILES string of the molecule is CC(CC(C)(C)O[O])OC(C)CC(C)(C)OC(=O)c1ccc([C]=O)cc1. The Bertz CT molecular complexity index is 591. The lowest BCUT2D eigenvalue weighted by Gasteiger charge is -2.31. The molecule has 0 bridgehead atoms. The molecule has 26 heavy (non-hydrogen) atoms. The smallest absolute Gasteiger partial charge is 0.338 e. The molecule has 0 heterocycles. The Kier molecular flexibility index (Phi) is 7.93. The fourth-order valence-electron chi connectivity index (χ4n) is 2.94. The molecule has 144 valence electrons. The van der Waals surface area contributed by atoms with Gasteiger partial charge in [0.15, 0.2) is 0 Å². The Labute approximate surface area is 155 Å². The van der Waals surface area contributed by atoms with Crippen molar-refractivity contribution in [3.63, 3.8) is 0 Å². The van der Waals surface area contributed by atoms with E-state index in [-0.39, 0.29) is 12.2 Å². The first-order chi connectivity index (χ1) is 12.0. The van der Waals surface area contributed by atoms with E-state index >= 15 is 0 Å². The molecular formula is C20H28O6. The minimum Gasteiger partial charge on any atom is -0.456 e. The zero-order valence-corrected chi connectivity index (χ0v) is 16.3. The van der Waals surface area contributed by atoms with Crippen LogP contribution in [0.4, 0.5) is 0 Å². The van der Waals surface area contributed by atoms with E-state index in [0.717, 1.165) is 0 Å². The Morgan fingerprint density at radius 3 is 1.96 bits per heavy atom. The molecule has 6 nitrogen and oxygen atoms in total. The van der Waals surface area contributed by atoms with Gasteiger partial charge in [-0.15, -0.1) is 0 Å². The van der Waals surface area contributed by atoms with E-state index in [1.165, 1.54) is 24.3 Å². The van der Waals surface area contributed by atoms with E-state index in [0.29, 0.717) is 24.0 Å². The van der Waals surface area contributed by atoms with Gasteiger partial charge in [0, 0.05) is 18.4 Å². The van der Waals surface area contributed by atoms with Crippen molar-refractivity contribution in [3.8, 4) is 0 Å². The van der Waals surface area contributed by atoms with Gasteiger partial charge in [-0.1, -0.05) is 12.1 Å². The molecule has 2 atom stereocenters. The van der Waals surface area contributed by atoms with Crippen LogP contribution in [0.2, 0.25) is 0 Å². The number of benzene rings is 1. The first-order valence-electron chi connectivity index (χ1n) is 8.66. The molecule has 0 aliphatic heterocycles. The Morgan fingerprint density at radius 2 is 1.50 bits per heavy atom. The molecule has 2 radical (unpaired) electrons. The van der Waals surface area contributed by atoms with Gasteiger partial charge in [0.05, 0.1) is 17.8 Å². The van der Waals surface area contributed by atoms with Crippen molar-refractivity contribution < 1.29 is 29.2 Å². The van der Waals surface area contributed by atoms with Gasteiger partial charge in [-0.25, -0.2) is 4.79 Å². The maximum Gasteiger partial charge on any atom is 0.338 e. The third kappa shape index (κ3) is 7.64. The summed E-state index contributed by atoms with van der Waals surface area (Å²) < 4.78 is 11.5. The van der Waals surface area contributed by atoms with Crippen molar-refractivity contribution >= 4 is 12.3 Å². The molecule has 0 N–H and O–H groups in total. The topological polar surface area (TPSA) is 81.7 Å². The van der Waals surface area contributed by atoms with Crippen molar-refractivity contribution in [1.29, 1.82) is 0 Å². The van der Waals surface area contributed by atoms with Crippen LogP contribution in [0.1, 0.15) is 70.3 Å². The highest BCUT2D eigenvalue weighted by atomic mass is 17.1. The standard InChI is InChI=1S/C20H28O6/c1-14(24-15(2)12-20(5,6)26-23)11-19(3,4)25-18(22)17-9-7-16(13-21)8-10-17/h7-10,14-15H,11-12H2,1-6H3. The third-order valence-electron chi connectivity index (χ3n) is 3.86. The highest BCUT2D eigenvalue weighted by Gasteiger charge is 2.29. The normalized spacial score (nSPS) is 14.6. The highest BCUT2D eigenvalue weighted by Crippen LogP contribution is 2.24. The van der Waals surface area contributed by atoms with Crippen molar-refractivity contribution in [3.05, 3.63) is 35.4 Å². The van der Waals surface area contributed by atoms with Crippen molar-refractivity contribution in [2.45, 2.75) is 77.8 Å². The van der Waals surface area contributed by atoms with Gasteiger partial charge in [-0.05, 0) is 58.9 Å². The van der Waals surface area contributed by atoms with Crippen LogP contribution in [-0.4, -0.2) is 35.7 Å². The molecule has 0 saturated carbocycles. The lowest BCUT2D eigenvalue weighted by atomic mass is 9.99. The quantitative estimate of drug-likeness (QED) is 0.358. The largest absolute Gasteiger partial charge is 0.456 e. The number of esters is 1. The second-order valence-electron chi connectivity index (χ2n) is 7.84. The van der Waals surface area contributed by atoms with Crippen LogP contribution in [0.15, 0.2) is 24.3 Å². The Balaban J connectivity index is 2.58. The van der Waals surface area contributed by atoms with E-state index in [1.54, 1.807) is 20.1 Å². The number of carbonyl (C=O) groups excluding carboxylic acids is 2. The first-order valence-corrected chi connectivity index (χ1v) is 8.66. The summed E-state index contributed by atoms with van der Waals surface area (Å²) in [5.41, 5.74) is -0.794. The summed E-state index contributed by atoms with van der Waals surface area (Å²) >= 11 is 0. The summed E-state index contributed by atoms with van der Waals surface area (Å²) in [5.74, 6) is -0.464. The van der Waals surface area contributed by atoms with Gasteiger partial charge in [0.1, 0.15) is 11.2 Å². The predicted molar refractivity (Wildman–Crippen MR) is 95.8 cm³/mol. The molecule has 1 rings (SSSR count). The zero-order chi connectivity index (χ0) is 20.0. The molecule has 0 saturated heterocycles. The fourth-order valence-corrected chi connectivity index (χ4v) is 2.94. The van der Waals surface area contributed by atoms with Gasteiger partial charge in [0.25, 0.3) is 0 Å². The van der Waals surface area contributed by atoms with Gasteiger partial charge in [0.2, 0.25) is 6.29 Å². The van der Waals surface area contributed by atoms with Crippen molar-refractivity contribution in [1.82, 2.24) is 0 Å². The van der Waals surface area contributed by atoms with Gasteiger partial charge in [-0.2, -0.15) is 4.89 Å².